The summed E-state index contributed by atoms with van der Waals surface area (Å²) in [7, 11) is 0. The number of aromatic hydroxyl groups is 1. The fourth-order valence-electron chi connectivity index (χ4n) is 3.93. The number of carboxylic acid groups (broad SMARTS) is 1. The molecule has 1 aromatic rings. The number of phenolic OH excluding ortho intramolecular Hbond substituents is 1. The standard InChI is InChI=1S/C29H50O7/c1-5-9-13-14-15-16-17-18-19-23-25(36-29(31)32)24(30)27(34-21-11-7-3)28(35-22-12-8-4)26(23)33-20-10-6-2/h30H,5-22H2,1-4H3,(H,31,32). The van der Waals surface area contributed by atoms with Gasteiger partial charge in [0.2, 0.25) is 17.2 Å². The van der Waals surface area contributed by atoms with Crippen molar-refractivity contribution >= 4 is 6.16 Å². The Balaban J connectivity index is 3.32. The molecule has 0 saturated carbocycles. The summed E-state index contributed by atoms with van der Waals surface area (Å²) in [4.78, 5) is 11.6. The van der Waals surface area contributed by atoms with Crippen molar-refractivity contribution in [1.29, 1.82) is 0 Å². The van der Waals surface area contributed by atoms with Crippen molar-refractivity contribution in [2.45, 2.75) is 124 Å². The van der Waals surface area contributed by atoms with E-state index in [0.29, 0.717) is 43.3 Å². The minimum atomic E-state index is -1.49. The zero-order chi connectivity index (χ0) is 26.6. The lowest BCUT2D eigenvalue weighted by Gasteiger charge is -2.23. The van der Waals surface area contributed by atoms with Crippen molar-refractivity contribution in [3.8, 4) is 28.7 Å². The molecular weight excluding hydrogens is 460 g/mol. The van der Waals surface area contributed by atoms with Gasteiger partial charge in [-0.05, 0) is 32.1 Å². The van der Waals surface area contributed by atoms with Crippen LogP contribution in [-0.2, 0) is 6.42 Å². The first-order chi connectivity index (χ1) is 17.5. The molecule has 7 nitrogen and oxygen atoms in total. The highest BCUT2D eigenvalue weighted by Gasteiger charge is 2.30. The summed E-state index contributed by atoms with van der Waals surface area (Å²) in [6.45, 7) is 9.69. The average Bonchev–Trinajstić information content (AvgIpc) is 2.85. The van der Waals surface area contributed by atoms with Gasteiger partial charge in [0.1, 0.15) is 0 Å². The van der Waals surface area contributed by atoms with Gasteiger partial charge in [0.05, 0.1) is 19.8 Å². The average molecular weight is 511 g/mol. The fourth-order valence-corrected chi connectivity index (χ4v) is 3.93. The van der Waals surface area contributed by atoms with Crippen molar-refractivity contribution in [2.75, 3.05) is 19.8 Å². The molecule has 0 amide bonds. The number of ether oxygens (including phenoxy) is 4. The van der Waals surface area contributed by atoms with E-state index in [1.807, 2.05) is 6.92 Å². The van der Waals surface area contributed by atoms with Crippen LogP contribution < -0.4 is 18.9 Å². The lowest BCUT2D eigenvalue weighted by atomic mass is 10.0. The van der Waals surface area contributed by atoms with E-state index in [4.69, 9.17) is 18.9 Å². The predicted octanol–water partition coefficient (Wildman–Crippen LogP) is 8.67. The number of phenols is 1. The van der Waals surface area contributed by atoms with E-state index in [0.717, 1.165) is 57.8 Å². The zero-order valence-electron chi connectivity index (χ0n) is 23.2. The van der Waals surface area contributed by atoms with E-state index < -0.39 is 6.16 Å². The monoisotopic (exact) mass is 510 g/mol. The molecule has 0 aliphatic rings. The van der Waals surface area contributed by atoms with Crippen LogP contribution in [0.25, 0.3) is 0 Å². The maximum absolute atomic E-state index is 11.6. The Hall–Kier alpha value is -2.31. The normalized spacial score (nSPS) is 10.9. The van der Waals surface area contributed by atoms with E-state index in [1.165, 1.54) is 32.1 Å². The van der Waals surface area contributed by atoms with Gasteiger partial charge < -0.3 is 29.2 Å². The third kappa shape index (κ3) is 11.6. The quantitative estimate of drug-likeness (QED) is 0.0915. The summed E-state index contributed by atoms with van der Waals surface area (Å²) in [5.41, 5.74) is 0.534. The van der Waals surface area contributed by atoms with Gasteiger partial charge in [0.25, 0.3) is 0 Å². The van der Waals surface area contributed by atoms with Gasteiger partial charge in [0, 0.05) is 5.56 Å². The lowest BCUT2D eigenvalue weighted by molar-refractivity contribution is 0.141. The van der Waals surface area contributed by atoms with E-state index >= 15 is 0 Å². The van der Waals surface area contributed by atoms with E-state index in [1.54, 1.807) is 0 Å². The Morgan fingerprint density at radius 3 is 1.53 bits per heavy atom. The highest BCUT2D eigenvalue weighted by molar-refractivity contribution is 5.73. The van der Waals surface area contributed by atoms with Gasteiger partial charge >= 0.3 is 6.16 Å². The van der Waals surface area contributed by atoms with Crippen molar-refractivity contribution < 1.29 is 34.0 Å². The van der Waals surface area contributed by atoms with Crippen LogP contribution in [0.4, 0.5) is 4.79 Å². The zero-order valence-corrected chi connectivity index (χ0v) is 23.2. The van der Waals surface area contributed by atoms with Crippen LogP contribution in [0, 0.1) is 0 Å². The Kier molecular flexibility index (Phi) is 17.5. The molecule has 0 spiro atoms. The summed E-state index contributed by atoms with van der Waals surface area (Å²) < 4.78 is 23.4. The van der Waals surface area contributed by atoms with Crippen molar-refractivity contribution in [2.24, 2.45) is 0 Å². The summed E-state index contributed by atoms with van der Waals surface area (Å²) >= 11 is 0. The molecular formula is C29H50O7. The Labute approximate surface area is 218 Å². The highest BCUT2D eigenvalue weighted by Crippen LogP contribution is 2.54. The Bertz CT molecular complexity index is 733. The minimum Gasteiger partial charge on any atom is -0.502 e. The van der Waals surface area contributed by atoms with Crippen LogP contribution in [0.5, 0.6) is 28.7 Å². The number of benzene rings is 1. The van der Waals surface area contributed by atoms with Gasteiger partial charge in [-0.25, -0.2) is 4.79 Å². The van der Waals surface area contributed by atoms with Gasteiger partial charge in [-0.15, -0.1) is 0 Å². The molecule has 1 rings (SSSR count). The van der Waals surface area contributed by atoms with E-state index in [2.05, 4.69) is 20.8 Å². The molecule has 0 unspecified atom stereocenters. The van der Waals surface area contributed by atoms with Crippen molar-refractivity contribution in [1.82, 2.24) is 0 Å². The third-order valence-electron chi connectivity index (χ3n) is 6.09. The van der Waals surface area contributed by atoms with Crippen LogP contribution >= 0.6 is 0 Å². The molecule has 208 valence electrons. The summed E-state index contributed by atoms with van der Waals surface area (Å²) in [5, 5.41) is 20.6. The van der Waals surface area contributed by atoms with Crippen molar-refractivity contribution in [3.63, 3.8) is 0 Å². The number of rotatable bonds is 22. The second-order valence-electron chi connectivity index (χ2n) is 9.34. The lowest BCUT2D eigenvalue weighted by Crippen LogP contribution is -2.12. The molecule has 0 aromatic heterocycles. The number of hydrogen-bond donors (Lipinski definition) is 2. The Morgan fingerprint density at radius 2 is 1.03 bits per heavy atom. The molecule has 1 aromatic carbocycles. The van der Waals surface area contributed by atoms with Crippen LogP contribution in [0.15, 0.2) is 0 Å². The summed E-state index contributed by atoms with van der Waals surface area (Å²) in [6, 6.07) is 0. The molecule has 0 aliphatic heterocycles. The van der Waals surface area contributed by atoms with Crippen LogP contribution in [0.1, 0.15) is 123 Å². The summed E-state index contributed by atoms with van der Waals surface area (Å²) in [5.74, 6) is 0.439. The first kappa shape index (κ1) is 31.7. The molecule has 0 heterocycles. The molecule has 0 radical (unpaired) electrons. The smallest absolute Gasteiger partial charge is 0.502 e. The minimum absolute atomic E-state index is 0.0991. The second kappa shape index (κ2) is 19.8. The number of hydrogen-bond acceptors (Lipinski definition) is 6. The molecule has 7 heteroatoms. The van der Waals surface area contributed by atoms with Crippen LogP contribution in [-0.4, -0.2) is 36.2 Å². The third-order valence-corrected chi connectivity index (χ3v) is 6.09. The molecule has 0 bridgehead atoms. The SMILES string of the molecule is CCCCCCCCCCc1c(OC(=O)O)c(O)c(OCCCC)c(OCCCC)c1OCCCC. The maximum atomic E-state index is 11.6. The topological polar surface area (TPSA) is 94.5 Å². The van der Waals surface area contributed by atoms with Gasteiger partial charge in [0.15, 0.2) is 11.5 Å². The van der Waals surface area contributed by atoms with E-state index in [9.17, 15) is 15.0 Å². The van der Waals surface area contributed by atoms with Gasteiger partial charge in [-0.1, -0.05) is 91.9 Å². The number of carbonyl (C=O) groups is 1. The highest BCUT2D eigenvalue weighted by atomic mass is 16.7. The van der Waals surface area contributed by atoms with Gasteiger partial charge in [-0.3, -0.25) is 0 Å². The first-order valence-electron chi connectivity index (χ1n) is 14.2. The maximum Gasteiger partial charge on any atom is 0.511 e. The molecule has 36 heavy (non-hydrogen) atoms. The first-order valence-corrected chi connectivity index (χ1v) is 14.2. The summed E-state index contributed by atoms with van der Waals surface area (Å²) in [6.07, 6.45) is 13.5. The van der Waals surface area contributed by atoms with Crippen LogP contribution in [0.2, 0.25) is 0 Å². The molecule has 2 N–H and O–H groups in total. The predicted molar refractivity (Wildman–Crippen MR) is 144 cm³/mol. The molecule has 0 atom stereocenters. The second-order valence-corrected chi connectivity index (χ2v) is 9.34. The molecule has 0 aliphatic carbocycles. The number of unbranched alkanes of at least 4 members (excludes halogenated alkanes) is 10. The largest absolute Gasteiger partial charge is 0.511 e. The van der Waals surface area contributed by atoms with Gasteiger partial charge in [-0.2, -0.15) is 0 Å². The Morgan fingerprint density at radius 1 is 0.583 bits per heavy atom. The molecule has 0 fully saturated rings. The van der Waals surface area contributed by atoms with E-state index in [-0.39, 0.29) is 17.2 Å². The van der Waals surface area contributed by atoms with Crippen molar-refractivity contribution in [3.05, 3.63) is 5.56 Å². The fraction of sp³-hybridized carbons (Fsp3) is 0.759. The molecule has 0 saturated heterocycles. The van der Waals surface area contributed by atoms with Crippen LogP contribution in [0.3, 0.4) is 0 Å².